The summed E-state index contributed by atoms with van der Waals surface area (Å²) >= 11 is 8.14. The number of halogens is 1. The third-order valence-electron chi connectivity index (χ3n) is 4.09. The molecule has 0 radical (unpaired) electrons. The molecule has 2 aliphatic rings. The van der Waals surface area contributed by atoms with Crippen LogP contribution in [0.5, 0.6) is 0 Å². The Morgan fingerprint density at radius 3 is 2.83 bits per heavy atom. The van der Waals surface area contributed by atoms with Crippen molar-refractivity contribution < 1.29 is 0 Å². The van der Waals surface area contributed by atoms with Crippen LogP contribution in [0.15, 0.2) is 24.3 Å². The SMILES string of the molecule is Clc1cccc(C2CC(NC3CCCSC3)C2)c1. The molecule has 1 saturated heterocycles. The lowest BCUT2D eigenvalue weighted by Crippen LogP contribution is -2.47. The molecule has 1 N–H and O–H groups in total. The Hall–Kier alpha value is -0.180. The minimum absolute atomic E-state index is 0.720. The van der Waals surface area contributed by atoms with Crippen LogP contribution in [0.2, 0.25) is 5.02 Å². The number of nitrogens with one attached hydrogen (secondary N) is 1. The molecule has 1 nitrogen and oxygen atoms in total. The van der Waals surface area contributed by atoms with Crippen molar-refractivity contribution in [3.05, 3.63) is 34.9 Å². The molecule has 1 atom stereocenters. The van der Waals surface area contributed by atoms with E-state index in [1.807, 2.05) is 6.07 Å². The van der Waals surface area contributed by atoms with E-state index in [0.717, 1.165) is 23.0 Å². The molecule has 1 aromatic rings. The molecule has 0 amide bonds. The second kappa shape index (κ2) is 5.85. The smallest absolute Gasteiger partial charge is 0.0408 e. The lowest BCUT2D eigenvalue weighted by atomic mass is 9.75. The molecule has 1 aliphatic carbocycles. The van der Waals surface area contributed by atoms with E-state index in [2.05, 4.69) is 35.3 Å². The van der Waals surface area contributed by atoms with E-state index in [-0.39, 0.29) is 0 Å². The van der Waals surface area contributed by atoms with E-state index in [1.54, 1.807) is 0 Å². The molecule has 1 saturated carbocycles. The van der Waals surface area contributed by atoms with Crippen molar-refractivity contribution >= 4 is 23.4 Å². The van der Waals surface area contributed by atoms with Gasteiger partial charge in [-0.2, -0.15) is 11.8 Å². The second-order valence-electron chi connectivity index (χ2n) is 5.50. The summed E-state index contributed by atoms with van der Waals surface area (Å²) in [4.78, 5) is 0. The van der Waals surface area contributed by atoms with Gasteiger partial charge in [-0.25, -0.2) is 0 Å². The zero-order valence-corrected chi connectivity index (χ0v) is 12.1. The average Bonchev–Trinajstić information content (AvgIpc) is 2.34. The molecule has 18 heavy (non-hydrogen) atoms. The molecule has 3 rings (SSSR count). The highest BCUT2D eigenvalue weighted by Gasteiger charge is 2.31. The van der Waals surface area contributed by atoms with Crippen molar-refractivity contribution in [2.24, 2.45) is 0 Å². The third kappa shape index (κ3) is 3.04. The van der Waals surface area contributed by atoms with Crippen LogP contribution < -0.4 is 5.32 Å². The van der Waals surface area contributed by atoms with Crippen molar-refractivity contribution in [1.29, 1.82) is 0 Å². The van der Waals surface area contributed by atoms with Crippen LogP contribution in [0, 0.1) is 0 Å². The molecular weight excluding hydrogens is 262 g/mol. The number of thioether (sulfide) groups is 1. The summed E-state index contributed by atoms with van der Waals surface area (Å²) in [5.74, 6) is 3.38. The van der Waals surface area contributed by atoms with Crippen molar-refractivity contribution in [1.82, 2.24) is 5.32 Å². The summed E-state index contributed by atoms with van der Waals surface area (Å²) in [6.45, 7) is 0. The van der Waals surface area contributed by atoms with E-state index < -0.39 is 0 Å². The summed E-state index contributed by atoms with van der Waals surface area (Å²) < 4.78 is 0. The van der Waals surface area contributed by atoms with Crippen LogP contribution in [-0.2, 0) is 0 Å². The van der Waals surface area contributed by atoms with E-state index in [1.165, 1.54) is 42.8 Å². The fourth-order valence-corrected chi connectivity index (χ4v) is 4.28. The second-order valence-corrected chi connectivity index (χ2v) is 7.09. The van der Waals surface area contributed by atoms with Crippen LogP contribution in [0.4, 0.5) is 0 Å². The molecule has 1 heterocycles. The normalized spacial score (nSPS) is 31.9. The van der Waals surface area contributed by atoms with Gasteiger partial charge in [0, 0.05) is 22.9 Å². The Kier molecular flexibility index (Phi) is 4.17. The summed E-state index contributed by atoms with van der Waals surface area (Å²) in [7, 11) is 0. The molecule has 0 aromatic heterocycles. The van der Waals surface area contributed by atoms with Gasteiger partial charge < -0.3 is 5.32 Å². The van der Waals surface area contributed by atoms with Gasteiger partial charge in [-0.05, 0) is 55.1 Å². The summed E-state index contributed by atoms with van der Waals surface area (Å²) in [5, 5.41) is 4.68. The highest BCUT2D eigenvalue weighted by Crippen LogP contribution is 2.38. The summed E-state index contributed by atoms with van der Waals surface area (Å²) in [5.41, 5.74) is 1.42. The van der Waals surface area contributed by atoms with Gasteiger partial charge in [-0.3, -0.25) is 0 Å². The molecule has 0 bridgehead atoms. The molecule has 0 spiro atoms. The zero-order chi connectivity index (χ0) is 12.4. The fraction of sp³-hybridized carbons (Fsp3) is 0.600. The maximum absolute atomic E-state index is 6.04. The first-order chi connectivity index (χ1) is 8.81. The minimum atomic E-state index is 0.720. The van der Waals surface area contributed by atoms with Crippen molar-refractivity contribution in [2.45, 2.75) is 43.7 Å². The maximum atomic E-state index is 6.04. The van der Waals surface area contributed by atoms with Crippen LogP contribution in [-0.4, -0.2) is 23.6 Å². The lowest BCUT2D eigenvalue weighted by molar-refractivity contribution is 0.265. The molecule has 1 aromatic carbocycles. The van der Waals surface area contributed by atoms with Crippen molar-refractivity contribution in [3.8, 4) is 0 Å². The first kappa shape index (κ1) is 12.8. The predicted octanol–water partition coefficient (Wildman–Crippen LogP) is 4.07. The van der Waals surface area contributed by atoms with Crippen LogP contribution in [0.3, 0.4) is 0 Å². The fourth-order valence-electron chi connectivity index (χ4n) is 2.99. The molecule has 1 unspecified atom stereocenters. The van der Waals surface area contributed by atoms with Crippen LogP contribution >= 0.6 is 23.4 Å². The van der Waals surface area contributed by atoms with Gasteiger partial charge in [0.1, 0.15) is 0 Å². The van der Waals surface area contributed by atoms with E-state index >= 15 is 0 Å². The highest BCUT2D eigenvalue weighted by molar-refractivity contribution is 7.99. The third-order valence-corrected chi connectivity index (χ3v) is 5.54. The van der Waals surface area contributed by atoms with E-state index in [4.69, 9.17) is 11.6 Å². The summed E-state index contributed by atoms with van der Waals surface area (Å²) in [6.07, 6.45) is 5.31. The van der Waals surface area contributed by atoms with E-state index in [9.17, 15) is 0 Å². The van der Waals surface area contributed by atoms with Gasteiger partial charge in [0.15, 0.2) is 0 Å². The monoisotopic (exact) mass is 281 g/mol. The zero-order valence-electron chi connectivity index (χ0n) is 10.6. The first-order valence-corrected chi connectivity index (χ1v) is 8.44. The van der Waals surface area contributed by atoms with Gasteiger partial charge in [-0.15, -0.1) is 0 Å². The summed E-state index contributed by atoms with van der Waals surface area (Å²) in [6, 6.07) is 9.85. The first-order valence-electron chi connectivity index (χ1n) is 6.90. The van der Waals surface area contributed by atoms with Gasteiger partial charge in [0.25, 0.3) is 0 Å². The Bertz CT molecular complexity index is 397. The maximum Gasteiger partial charge on any atom is 0.0408 e. The molecule has 1 aliphatic heterocycles. The van der Waals surface area contributed by atoms with Crippen molar-refractivity contribution in [2.75, 3.05) is 11.5 Å². The van der Waals surface area contributed by atoms with Gasteiger partial charge in [0.2, 0.25) is 0 Å². The topological polar surface area (TPSA) is 12.0 Å². The van der Waals surface area contributed by atoms with Gasteiger partial charge in [-0.1, -0.05) is 23.7 Å². The Morgan fingerprint density at radius 1 is 1.22 bits per heavy atom. The standard InChI is InChI=1S/C15H20ClNS/c16-13-4-1-3-11(7-13)12-8-15(9-12)17-14-5-2-6-18-10-14/h1,3-4,7,12,14-15,17H,2,5-6,8-10H2. The molecule has 2 fully saturated rings. The molecular formula is C15H20ClNS. The predicted molar refractivity (Wildman–Crippen MR) is 80.7 cm³/mol. The van der Waals surface area contributed by atoms with Gasteiger partial charge in [0.05, 0.1) is 0 Å². The number of hydrogen-bond donors (Lipinski definition) is 1. The Labute approximate surface area is 119 Å². The minimum Gasteiger partial charge on any atom is -0.310 e. The van der Waals surface area contributed by atoms with E-state index in [0.29, 0.717) is 0 Å². The number of benzene rings is 1. The lowest BCUT2D eigenvalue weighted by Gasteiger charge is -2.39. The Balaban J connectivity index is 1.48. The van der Waals surface area contributed by atoms with Crippen LogP contribution in [0.1, 0.15) is 37.2 Å². The quantitative estimate of drug-likeness (QED) is 0.896. The number of rotatable bonds is 3. The largest absolute Gasteiger partial charge is 0.310 e. The van der Waals surface area contributed by atoms with Gasteiger partial charge >= 0.3 is 0 Å². The van der Waals surface area contributed by atoms with Crippen LogP contribution in [0.25, 0.3) is 0 Å². The molecule has 3 heteroatoms. The average molecular weight is 282 g/mol. The highest BCUT2D eigenvalue weighted by atomic mass is 35.5. The Morgan fingerprint density at radius 2 is 2.11 bits per heavy atom. The molecule has 98 valence electrons. The number of hydrogen-bond acceptors (Lipinski definition) is 2. The van der Waals surface area contributed by atoms with Crippen molar-refractivity contribution in [3.63, 3.8) is 0 Å².